The standard InChI is InChI=1S/C15H19N5OS/c1-4-12-11(7-10(8-16)14(21)18-12)13-9-22-15(19-13)17-5-6-20(2)3/h7,9H,4-6H2,1-3H3,(H,17,19)(H,18,21). The topological polar surface area (TPSA) is 84.8 Å². The van der Waals surface area contributed by atoms with Gasteiger partial charge in [-0.05, 0) is 26.6 Å². The Hall–Kier alpha value is -2.17. The van der Waals surface area contributed by atoms with Gasteiger partial charge in [-0.1, -0.05) is 6.92 Å². The Balaban J connectivity index is 2.27. The van der Waals surface area contributed by atoms with Gasteiger partial charge in [0.05, 0.1) is 5.69 Å². The number of thiazole rings is 1. The first-order valence-corrected chi connectivity index (χ1v) is 7.94. The minimum absolute atomic E-state index is 0.113. The fourth-order valence-corrected chi connectivity index (χ4v) is 2.76. The largest absolute Gasteiger partial charge is 0.360 e. The van der Waals surface area contributed by atoms with Crippen molar-refractivity contribution >= 4 is 16.5 Å². The van der Waals surface area contributed by atoms with Crippen molar-refractivity contribution in [3.05, 3.63) is 33.1 Å². The molecule has 2 N–H and O–H groups in total. The third-order valence-corrected chi connectivity index (χ3v) is 4.01. The number of aromatic amines is 1. The number of hydrogen-bond donors (Lipinski definition) is 2. The van der Waals surface area contributed by atoms with Gasteiger partial charge in [0.15, 0.2) is 5.13 Å². The number of H-pyrrole nitrogens is 1. The van der Waals surface area contributed by atoms with Crippen molar-refractivity contribution in [2.24, 2.45) is 0 Å². The van der Waals surface area contributed by atoms with E-state index >= 15 is 0 Å². The van der Waals surface area contributed by atoms with E-state index in [1.165, 1.54) is 11.3 Å². The predicted molar refractivity (Wildman–Crippen MR) is 89.3 cm³/mol. The van der Waals surface area contributed by atoms with Crippen LogP contribution in [0.5, 0.6) is 0 Å². The molecule has 0 bridgehead atoms. The molecule has 0 aliphatic carbocycles. The zero-order chi connectivity index (χ0) is 16.1. The number of anilines is 1. The van der Waals surface area contributed by atoms with E-state index in [-0.39, 0.29) is 11.1 Å². The average molecular weight is 317 g/mol. The van der Waals surface area contributed by atoms with E-state index in [1.807, 2.05) is 32.5 Å². The summed E-state index contributed by atoms with van der Waals surface area (Å²) in [4.78, 5) is 21.1. The van der Waals surface area contributed by atoms with Crippen LogP contribution in [-0.4, -0.2) is 42.1 Å². The lowest BCUT2D eigenvalue weighted by Crippen LogP contribution is -2.20. The molecule has 22 heavy (non-hydrogen) atoms. The molecular formula is C15H19N5OS. The first-order chi connectivity index (χ1) is 10.5. The normalized spacial score (nSPS) is 10.7. The summed E-state index contributed by atoms with van der Waals surface area (Å²) in [7, 11) is 4.04. The maximum Gasteiger partial charge on any atom is 0.266 e. The summed E-state index contributed by atoms with van der Waals surface area (Å²) in [6, 6.07) is 3.54. The highest BCUT2D eigenvalue weighted by Crippen LogP contribution is 2.27. The zero-order valence-electron chi connectivity index (χ0n) is 12.9. The molecule has 2 heterocycles. The number of likely N-dealkylation sites (N-methyl/N-ethyl adjacent to an activating group) is 1. The summed E-state index contributed by atoms with van der Waals surface area (Å²) in [5, 5.41) is 15.1. The summed E-state index contributed by atoms with van der Waals surface area (Å²) < 4.78 is 0. The van der Waals surface area contributed by atoms with E-state index in [0.717, 1.165) is 35.2 Å². The highest BCUT2D eigenvalue weighted by molar-refractivity contribution is 7.14. The molecule has 0 spiro atoms. The van der Waals surface area contributed by atoms with Gasteiger partial charge in [0, 0.05) is 29.7 Å². The molecule has 0 aliphatic rings. The first kappa shape index (κ1) is 16.2. The second-order valence-corrected chi connectivity index (χ2v) is 6.00. The highest BCUT2D eigenvalue weighted by atomic mass is 32.1. The fourth-order valence-electron chi connectivity index (χ4n) is 2.02. The van der Waals surface area contributed by atoms with Crippen LogP contribution in [0.25, 0.3) is 11.3 Å². The Labute approximate surface area is 133 Å². The van der Waals surface area contributed by atoms with Gasteiger partial charge < -0.3 is 15.2 Å². The number of aromatic nitrogens is 2. The third kappa shape index (κ3) is 3.72. The average Bonchev–Trinajstić information content (AvgIpc) is 2.95. The van der Waals surface area contributed by atoms with E-state index in [1.54, 1.807) is 6.07 Å². The molecule has 0 aliphatic heterocycles. The van der Waals surface area contributed by atoms with Crippen LogP contribution < -0.4 is 10.9 Å². The van der Waals surface area contributed by atoms with Crippen LogP contribution in [0.3, 0.4) is 0 Å². The van der Waals surface area contributed by atoms with E-state index in [2.05, 4.69) is 20.2 Å². The molecule has 0 fully saturated rings. The second kappa shape index (κ2) is 7.20. The molecule has 0 atom stereocenters. The molecule has 0 saturated carbocycles. The molecule has 0 radical (unpaired) electrons. The van der Waals surface area contributed by atoms with Gasteiger partial charge in [0.2, 0.25) is 0 Å². The molecule has 0 saturated heterocycles. The van der Waals surface area contributed by atoms with Crippen molar-refractivity contribution in [2.75, 3.05) is 32.5 Å². The number of pyridine rings is 1. The lowest BCUT2D eigenvalue weighted by molar-refractivity contribution is 0.425. The molecule has 7 heteroatoms. The minimum Gasteiger partial charge on any atom is -0.360 e. The van der Waals surface area contributed by atoms with Gasteiger partial charge in [-0.3, -0.25) is 4.79 Å². The van der Waals surface area contributed by atoms with Gasteiger partial charge >= 0.3 is 0 Å². The second-order valence-electron chi connectivity index (χ2n) is 5.14. The van der Waals surface area contributed by atoms with Crippen LogP contribution in [-0.2, 0) is 6.42 Å². The molecule has 0 aromatic carbocycles. The molecule has 2 rings (SSSR count). The third-order valence-electron chi connectivity index (χ3n) is 3.21. The molecule has 2 aromatic heterocycles. The van der Waals surface area contributed by atoms with Crippen molar-refractivity contribution in [1.29, 1.82) is 5.26 Å². The first-order valence-electron chi connectivity index (χ1n) is 7.06. The Kier molecular flexibility index (Phi) is 5.31. The number of nitriles is 1. The number of nitrogens with zero attached hydrogens (tertiary/aromatic N) is 3. The number of nitrogens with one attached hydrogen (secondary N) is 2. The monoisotopic (exact) mass is 317 g/mol. The Morgan fingerprint density at radius 1 is 1.50 bits per heavy atom. The van der Waals surface area contributed by atoms with Crippen LogP contribution in [0.2, 0.25) is 0 Å². The van der Waals surface area contributed by atoms with Gasteiger partial charge in [-0.25, -0.2) is 4.98 Å². The zero-order valence-corrected chi connectivity index (χ0v) is 13.8. The van der Waals surface area contributed by atoms with Gasteiger partial charge in [0.1, 0.15) is 11.6 Å². The van der Waals surface area contributed by atoms with Gasteiger partial charge in [0.25, 0.3) is 5.56 Å². The lowest BCUT2D eigenvalue weighted by atomic mass is 10.1. The number of hydrogen-bond acceptors (Lipinski definition) is 6. The van der Waals surface area contributed by atoms with E-state index in [9.17, 15) is 4.79 Å². The molecule has 2 aromatic rings. The molecule has 0 amide bonds. The van der Waals surface area contributed by atoms with Gasteiger partial charge in [-0.15, -0.1) is 11.3 Å². The van der Waals surface area contributed by atoms with Crippen molar-refractivity contribution in [1.82, 2.24) is 14.9 Å². The molecular weight excluding hydrogens is 298 g/mol. The SMILES string of the molecule is CCc1[nH]c(=O)c(C#N)cc1-c1csc(NCCN(C)C)n1. The van der Waals surface area contributed by atoms with Crippen LogP contribution >= 0.6 is 11.3 Å². The van der Waals surface area contributed by atoms with Crippen LogP contribution in [0, 0.1) is 11.3 Å². The highest BCUT2D eigenvalue weighted by Gasteiger charge is 2.12. The van der Waals surface area contributed by atoms with Crippen molar-refractivity contribution < 1.29 is 0 Å². The molecule has 6 nitrogen and oxygen atoms in total. The minimum atomic E-state index is -0.345. The summed E-state index contributed by atoms with van der Waals surface area (Å²) in [6.45, 7) is 3.70. The predicted octanol–water partition coefficient (Wildman–Crippen LogP) is 1.91. The lowest BCUT2D eigenvalue weighted by Gasteiger charge is -2.09. The summed E-state index contributed by atoms with van der Waals surface area (Å²) >= 11 is 1.52. The Morgan fingerprint density at radius 3 is 2.91 bits per heavy atom. The van der Waals surface area contributed by atoms with E-state index < -0.39 is 0 Å². The summed E-state index contributed by atoms with van der Waals surface area (Å²) in [5.74, 6) is 0. The smallest absolute Gasteiger partial charge is 0.266 e. The Morgan fingerprint density at radius 2 is 2.27 bits per heavy atom. The molecule has 116 valence electrons. The van der Waals surface area contributed by atoms with Crippen molar-refractivity contribution in [2.45, 2.75) is 13.3 Å². The molecule has 0 unspecified atom stereocenters. The summed E-state index contributed by atoms with van der Waals surface area (Å²) in [5.41, 5.74) is 2.16. The maximum absolute atomic E-state index is 11.7. The van der Waals surface area contributed by atoms with Crippen molar-refractivity contribution in [3.8, 4) is 17.3 Å². The quantitative estimate of drug-likeness (QED) is 0.850. The number of aryl methyl sites for hydroxylation is 1. The fraction of sp³-hybridized carbons (Fsp3) is 0.400. The number of rotatable bonds is 6. The van der Waals surface area contributed by atoms with Crippen LogP contribution in [0.15, 0.2) is 16.2 Å². The summed E-state index contributed by atoms with van der Waals surface area (Å²) in [6.07, 6.45) is 0.678. The Bertz CT molecular complexity index is 741. The van der Waals surface area contributed by atoms with Crippen molar-refractivity contribution in [3.63, 3.8) is 0 Å². The van der Waals surface area contributed by atoms with Crippen LogP contribution in [0.4, 0.5) is 5.13 Å². The maximum atomic E-state index is 11.7. The van der Waals surface area contributed by atoms with E-state index in [0.29, 0.717) is 6.42 Å². The van der Waals surface area contributed by atoms with E-state index in [4.69, 9.17) is 5.26 Å². The van der Waals surface area contributed by atoms with Gasteiger partial charge in [-0.2, -0.15) is 5.26 Å². The van der Waals surface area contributed by atoms with Crippen LogP contribution in [0.1, 0.15) is 18.2 Å².